The van der Waals surface area contributed by atoms with Crippen molar-refractivity contribution in [3.05, 3.63) is 0 Å². The summed E-state index contributed by atoms with van der Waals surface area (Å²) in [7, 11) is 0. The van der Waals surface area contributed by atoms with E-state index in [1.165, 1.54) is 21.2 Å². The van der Waals surface area contributed by atoms with Gasteiger partial charge in [0, 0.05) is 36.0 Å². The molecule has 0 aromatic rings. The van der Waals surface area contributed by atoms with E-state index in [0.29, 0.717) is 28.7 Å². The molecule has 0 aromatic heterocycles. The molecule has 0 saturated carbocycles. The first-order valence-electron chi connectivity index (χ1n) is 11.9. The largest absolute Gasteiger partial charge is 0.337 e. The van der Waals surface area contributed by atoms with Crippen LogP contribution in [-0.4, -0.2) is 50.5 Å². The molecule has 188 valence electrons. The highest BCUT2D eigenvalue weighted by atomic mass is 32.2. The van der Waals surface area contributed by atoms with Crippen molar-refractivity contribution < 1.29 is 19.2 Å². The van der Waals surface area contributed by atoms with Crippen molar-refractivity contribution in [2.24, 2.45) is 23.7 Å². The zero-order chi connectivity index (χ0) is 25.8. The molecule has 1 saturated heterocycles. The SMILES string of the molecule is CC(C)CC(=O)C(C)C.CC(C)CC(=O)C(C)C.CC(C)SN1CC(=O)N(C(C)C)C1=O. The normalized spacial score (nSPS) is 13.9. The van der Waals surface area contributed by atoms with Crippen molar-refractivity contribution in [3.63, 3.8) is 0 Å². The standard InChI is InChI=1S/C9H16N2O2S.2C8H16O/c1-6(2)11-8(12)5-10(9(11)13)14-7(3)4;2*1-6(2)5-8(9)7(3)4/h6-7H,5H2,1-4H3;2*6-7H,5H2,1-4H3. The van der Waals surface area contributed by atoms with Gasteiger partial charge in [0.1, 0.15) is 18.1 Å². The van der Waals surface area contributed by atoms with Gasteiger partial charge in [-0.1, -0.05) is 69.2 Å². The van der Waals surface area contributed by atoms with E-state index in [4.69, 9.17) is 0 Å². The number of carbonyl (C=O) groups is 4. The molecule has 0 aliphatic carbocycles. The summed E-state index contributed by atoms with van der Waals surface area (Å²) < 4.78 is 1.53. The van der Waals surface area contributed by atoms with E-state index in [1.54, 1.807) is 0 Å². The fraction of sp³-hybridized carbons (Fsp3) is 0.840. The van der Waals surface area contributed by atoms with Gasteiger partial charge in [0.15, 0.2) is 0 Å². The number of ketones is 2. The smallest absolute Gasteiger partial charge is 0.299 e. The zero-order valence-electron chi connectivity index (χ0n) is 22.5. The molecule has 0 N–H and O–H groups in total. The molecule has 0 aromatic carbocycles. The van der Waals surface area contributed by atoms with Gasteiger partial charge >= 0.3 is 6.03 Å². The van der Waals surface area contributed by atoms with Gasteiger partial charge in [-0.05, 0) is 37.6 Å². The number of rotatable bonds is 9. The van der Waals surface area contributed by atoms with Crippen LogP contribution in [0.3, 0.4) is 0 Å². The maximum Gasteiger partial charge on any atom is 0.337 e. The molecule has 1 aliphatic rings. The molecule has 0 spiro atoms. The highest BCUT2D eigenvalue weighted by Crippen LogP contribution is 2.24. The third-order valence-corrected chi connectivity index (χ3v) is 5.29. The lowest BCUT2D eigenvalue weighted by Gasteiger charge is -2.19. The van der Waals surface area contributed by atoms with Crippen molar-refractivity contribution in [3.8, 4) is 0 Å². The highest BCUT2D eigenvalue weighted by molar-refractivity contribution is 7.98. The highest BCUT2D eigenvalue weighted by Gasteiger charge is 2.38. The Bertz CT molecular complexity index is 573. The molecule has 3 amide bonds. The van der Waals surface area contributed by atoms with Crippen LogP contribution in [0.25, 0.3) is 0 Å². The molecule has 0 bridgehead atoms. The molecule has 0 unspecified atom stereocenters. The molecule has 1 heterocycles. The van der Waals surface area contributed by atoms with Crippen molar-refractivity contribution in [2.75, 3.05) is 6.54 Å². The maximum absolute atomic E-state index is 11.7. The van der Waals surface area contributed by atoms with Gasteiger partial charge in [-0.25, -0.2) is 4.79 Å². The number of imide groups is 1. The van der Waals surface area contributed by atoms with E-state index in [9.17, 15) is 19.2 Å². The van der Waals surface area contributed by atoms with Gasteiger partial charge in [0.25, 0.3) is 5.91 Å². The van der Waals surface area contributed by atoms with E-state index in [0.717, 1.165) is 12.8 Å². The Balaban J connectivity index is 0. The second-order valence-electron chi connectivity index (χ2n) is 10.3. The lowest BCUT2D eigenvalue weighted by atomic mass is 9.99. The zero-order valence-corrected chi connectivity index (χ0v) is 23.3. The first-order chi connectivity index (χ1) is 14.5. The van der Waals surface area contributed by atoms with Crippen LogP contribution in [0.2, 0.25) is 0 Å². The summed E-state index contributed by atoms with van der Waals surface area (Å²) in [5.74, 6) is 2.12. The van der Waals surface area contributed by atoms with Crippen molar-refractivity contribution in [1.82, 2.24) is 9.21 Å². The number of carbonyl (C=O) groups excluding carboxylic acids is 4. The van der Waals surface area contributed by atoms with Gasteiger partial charge in [-0.2, -0.15) is 0 Å². The van der Waals surface area contributed by atoms with Crippen LogP contribution in [0.4, 0.5) is 4.79 Å². The van der Waals surface area contributed by atoms with E-state index < -0.39 is 0 Å². The monoisotopic (exact) mass is 472 g/mol. The van der Waals surface area contributed by atoms with E-state index in [-0.39, 0.29) is 36.4 Å². The molecule has 6 nitrogen and oxygen atoms in total. The van der Waals surface area contributed by atoms with Gasteiger partial charge in [-0.3, -0.25) is 23.6 Å². The summed E-state index contributed by atoms with van der Waals surface area (Å²) in [5, 5.41) is 0.318. The lowest BCUT2D eigenvalue weighted by Crippen LogP contribution is -2.37. The van der Waals surface area contributed by atoms with E-state index >= 15 is 0 Å². The van der Waals surface area contributed by atoms with Crippen molar-refractivity contribution in [1.29, 1.82) is 0 Å². The fourth-order valence-corrected chi connectivity index (χ4v) is 3.49. The summed E-state index contributed by atoms with van der Waals surface area (Å²) in [6.07, 6.45) is 1.47. The Hall–Kier alpha value is -1.37. The molecular formula is C25H48N2O4S. The molecular weight excluding hydrogens is 424 g/mol. The number of urea groups is 1. The summed E-state index contributed by atoms with van der Waals surface area (Å²) in [6.45, 7) is 24.0. The Kier molecular flexibility index (Phi) is 16.7. The van der Waals surface area contributed by atoms with Crippen molar-refractivity contribution >= 4 is 35.5 Å². The Morgan fingerprint density at radius 2 is 1.12 bits per heavy atom. The number of hydrogen-bond donors (Lipinski definition) is 0. The van der Waals surface area contributed by atoms with E-state index in [1.807, 2.05) is 55.4 Å². The van der Waals surface area contributed by atoms with Gasteiger partial charge in [0.2, 0.25) is 0 Å². The number of nitrogens with zero attached hydrogens (tertiary/aromatic N) is 2. The minimum absolute atomic E-state index is 0.0484. The van der Waals surface area contributed by atoms with Crippen LogP contribution in [0.15, 0.2) is 0 Å². The third kappa shape index (κ3) is 14.6. The average Bonchev–Trinajstić information content (AvgIpc) is 2.87. The second-order valence-corrected chi connectivity index (χ2v) is 11.9. The average molecular weight is 473 g/mol. The molecule has 1 aliphatic heterocycles. The summed E-state index contributed by atoms with van der Waals surface area (Å²) in [5.41, 5.74) is 0. The van der Waals surface area contributed by atoms with Crippen LogP contribution >= 0.6 is 11.9 Å². The molecule has 32 heavy (non-hydrogen) atoms. The quantitative estimate of drug-likeness (QED) is 0.294. The van der Waals surface area contributed by atoms with Crippen LogP contribution in [0.5, 0.6) is 0 Å². The number of amides is 3. The summed E-state index contributed by atoms with van der Waals surface area (Å²) >= 11 is 1.42. The molecule has 0 radical (unpaired) electrons. The number of hydrogen-bond acceptors (Lipinski definition) is 5. The Labute approximate surface area is 201 Å². The second kappa shape index (κ2) is 16.3. The summed E-state index contributed by atoms with van der Waals surface area (Å²) in [4.78, 5) is 46.4. The fourth-order valence-electron chi connectivity index (χ4n) is 2.62. The van der Waals surface area contributed by atoms with Crippen LogP contribution < -0.4 is 0 Å². The first-order valence-corrected chi connectivity index (χ1v) is 12.7. The lowest BCUT2D eigenvalue weighted by molar-refractivity contribution is -0.126. The Morgan fingerprint density at radius 3 is 1.31 bits per heavy atom. The van der Waals surface area contributed by atoms with Gasteiger partial charge in [-0.15, -0.1) is 0 Å². The number of Topliss-reactive ketones (excluding diaryl/α,β-unsaturated/α-hetero) is 2. The predicted octanol–water partition coefficient (Wildman–Crippen LogP) is 6.23. The molecule has 1 fully saturated rings. The molecule has 0 atom stereocenters. The van der Waals surface area contributed by atoms with Crippen molar-refractivity contribution in [2.45, 2.75) is 107 Å². The van der Waals surface area contributed by atoms with Gasteiger partial charge < -0.3 is 0 Å². The van der Waals surface area contributed by atoms with Crippen LogP contribution in [0, 0.1) is 23.7 Å². The minimum Gasteiger partial charge on any atom is -0.299 e. The molecule has 7 heteroatoms. The summed E-state index contributed by atoms with van der Waals surface area (Å²) in [6, 6.07) is -0.225. The Morgan fingerprint density at radius 1 is 0.750 bits per heavy atom. The van der Waals surface area contributed by atoms with E-state index in [2.05, 4.69) is 27.7 Å². The van der Waals surface area contributed by atoms with Gasteiger partial charge in [0.05, 0.1) is 0 Å². The van der Waals surface area contributed by atoms with Crippen LogP contribution in [0.1, 0.15) is 95.9 Å². The maximum atomic E-state index is 11.7. The minimum atomic E-state index is -0.177. The first kappa shape index (κ1) is 32.8. The predicted molar refractivity (Wildman–Crippen MR) is 135 cm³/mol. The van der Waals surface area contributed by atoms with Crippen LogP contribution in [-0.2, 0) is 14.4 Å². The molecule has 1 rings (SSSR count). The topological polar surface area (TPSA) is 74.8 Å². The third-order valence-electron chi connectivity index (χ3n) is 4.33.